The van der Waals surface area contributed by atoms with Crippen LogP contribution in [-0.2, 0) is 13.1 Å². The molecule has 0 saturated heterocycles. The van der Waals surface area contributed by atoms with Crippen molar-refractivity contribution in [2.24, 2.45) is 0 Å². The maximum atomic E-state index is 13.3. The van der Waals surface area contributed by atoms with Gasteiger partial charge in [0.2, 0.25) is 0 Å². The average Bonchev–Trinajstić information content (AvgIpc) is 2.72. The molecule has 1 aromatic carbocycles. The molecule has 2 N–H and O–H groups in total. The fourth-order valence-electron chi connectivity index (χ4n) is 2.52. The number of amides is 2. The summed E-state index contributed by atoms with van der Waals surface area (Å²) in [6.45, 7) is 2.08. The second kappa shape index (κ2) is 9.20. The van der Waals surface area contributed by atoms with Gasteiger partial charge in [-0.05, 0) is 41.8 Å². The molecule has 3 rings (SSSR count). The van der Waals surface area contributed by atoms with E-state index in [9.17, 15) is 14.0 Å². The summed E-state index contributed by atoms with van der Waals surface area (Å²) in [5.41, 5.74) is 2.13. The fraction of sp³-hybridized carbons (Fsp3) is 0.150. The number of nitrogens with zero attached hydrogens (tertiary/aromatic N) is 3. The fourth-order valence-corrected chi connectivity index (χ4v) is 2.72. The lowest BCUT2D eigenvalue weighted by Gasteiger charge is -2.08. The number of benzene rings is 1. The third-order valence-corrected chi connectivity index (χ3v) is 4.26. The number of hydrogen-bond donors (Lipinski definition) is 2. The van der Waals surface area contributed by atoms with Crippen molar-refractivity contribution in [1.82, 2.24) is 25.6 Å². The highest BCUT2D eigenvalue weighted by atomic mass is 35.5. The van der Waals surface area contributed by atoms with E-state index in [1.807, 2.05) is 0 Å². The van der Waals surface area contributed by atoms with Crippen molar-refractivity contribution in [2.75, 3.05) is 0 Å². The summed E-state index contributed by atoms with van der Waals surface area (Å²) in [7, 11) is 0. The molecule has 0 atom stereocenters. The Morgan fingerprint density at radius 2 is 1.55 bits per heavy atom. The zero-order valence-electron chi connectivity index (χ0n) is 15.4. The van der Waals surface area contributed by atoms with Crippen LogP contribution in [0.15, 0.2) is 48.9 Å². The molecule has 148 valence electrons. The molecular weight excluding hydrogens is 397 g/mol. The zero-order chi connectivity index (χ0) is 20.8. The Balaban J connectivity index is 1.61. The standard InChI is InChI=1S/C20H17ClFN5O2/c1-12-6-13(2-3-15(12)22)9-24-19(28)16-8-17(27-11-26-16)20(29)25-10-14-4-5-23-18(21)7-14/h2-8,11H,9-10H2,1H3,(H,24,28)(H,25,29). The Morgan fingerprint density at radius 3 is 2.14 bits per heavy atom. The first kappa shape index (κ1) is 20.3. The molecule has 0 unspecified atom stereocenters. The molecular formula is C20H17ClFN5O2. The van der Waals surface area contributed by atoms with Crippen LogP contribution in [0.4, 0.5) is 4.39 Å². The molecule has 0 aliphatic rings. The highest BCUT2D eigenvalue weighted by Crippen LogP contribution is 2.10. The van der Waals surface area contributed by atoms with E-state index in [2.05, 4.69) is 25.6 Å². The molecule has 0 saturated carbocycles. The van der Waals surface area contributed by atoms with E-state index in [0.717, 1.165) is 17.5 Å². The van der Waals surface area contributed by atoms with Crippen molar-refractivity contribution in [3.05, 3.63) is 88.0 Å². The summed E-state index contributed by atoms with van der Waals surface area (Å²) >= 11 is 5.82. The van der Waals surface area contributed by atoms with Crippen molar-refractivity contribution >= 4 is 23.4 Å². The van der Waals surface area contributed by atoms with Gasteiger partial charge >= 0.3 is 0 Å². The molecule has 9 heteroatoms. The summed E-state index contributed by atoms with van der Waals surface area (Å²) in [4.78, 5) is 36.3. The van der Waals surface area contributed by atoms with Crippen LogP contribution in [-0.4, -0.2) is 26.8 Å². The van der Waals surface area contributed by atoms with Crippen LogP contribution >= 0.6 is 11.6 Å². The minimum absolute atomic E-state index is 0.0518. The first-order valence-electron chi connectivity index (χ1n) is 8.66. The van der Waals surface area contributed by atoms with Gasteiger partial charge in [0.05, 0.1) is 0 Å². The molecule has 0 spiro atoms. The van der Waals surface area contributed by atoms with Gasteiger partial charge in [-0.15, -0.1) is 0 Å². The highest BCUT2D eigenvalue weighted by molar-refractivity contribution is 6.29. The SMILES string of the molecule is Cc1cc(CNC(=O)c2cc(C(=O)NCc3ccnc(Cl)c3)ncn2)ccc1F. The first-order valence-corrected chi connectivity index (χ1v) is 9.04. The van der Waals surface area contributed by atoms with Gasteiger partial charge in [-0.2, -0.15) is 0 Å². The maximum Gasteiger partial charge on any atom is 0.270 e. The molecule has 0 radical (unpaired) electrons. The van der Waals surface area contributed by atoms with Crippen molar-refractivity contribution in [3.63, 3.8) is 0 Å². The second-order valence-electron chi connectivity index (χ2n) is 6.22. The van der Waals surface area contributed by atoms with Crippen LogP contribution in [0.1, 0.15) is 37.7 Å². The van der Waals surface area contributed by atoms with Gasteiger partial charge in [0.1, 0.15) is 28.7 Å². The van der Waals surface area contributed by atoms with Gasteiger partial charge in [0.25, 0.3) is 11.8 Å². The largest absolute Gasteiger partial charge is 0.347 e. The number of aromatic nitrogens is 3. The summed E-state index contributed by atoms with van der Waals surface area (Å²) < 4.78 is 13.3. The van der Waals surface area contributed by atoms with Crippen LogP contribution in [0, 0.1) is 12.7 Å². The Kier molecular flexibility index (Phi) is 6.46. The molecule has 7 nitrogen and oxygen atoms in total. The molecule has 3 aromatic rings. The highest BCUT2D eigenvalue weighted by Gasteiger charge is 2.13. The second-order valence-corrected chi connectivity index (χ2v) is 6.61. The molecule has 0 fully saturated rings. The van der Waals surface area contributed by atoms with E-state index in [-0.39, 0.29) is 30.3 Å². The van der Waals surface area contributed by atoms with Gasteiger partial charge < -0.3 is 10.6 Å². The van der Waals surface area contributed by atoms with Crippen molar-refractivity contribution in [1.29, 1.82) is 0 Å². The molecule has 2 amide bonds. The molecule has 29 heavy (non-hydrogen) atoms. The number of carbonyl (C=O) groups excluding carboxylic acids is 2. The summed E-state index contributed by atoms with van der Waals surface area (Å²) in [5.74, 6) is -1.23. The number of halogens is 2. The van der Waals surface area contributed by atoms with Crippen LogP contribution in [0.3, 0.4) is 0 Å². The number of nitrogens with one attached hydrogen (secondary N) is 2. The number of aryl methyl sites for hydroxylation is 1. The topological polar surface area (TPSA) is 96.9 Å². The van der Waals surface area contributed by atoms with Crippen molar-refractivity contribution in [3.8, 4) is 0 Å². The monoisotopic (exact) mass is 413 g/mol. The van der Waals surface area contributed by atoms with E-state index in [1.54, 1.807) is 37.4 Å². The predicted octanol–water partition coefficient (Wildman–Crippen LogP) is 2.83. The van der Waals surface area contributed by atoms with Crippen LogP contribution < -0.4 is 10.6 Å². The molecule has 2 heterocycles. The minimum atomic E-state index is -0.468. The van der Waals surface area contributed by atoms with E-state index in [0.29, 0.717) is 10.7 Å². The van der Waals surface area contributed by atoms with Gasteiger partial charge in [0.15, 0.2) is 0 Å². The Morgan fingerprint density at radius 1 is 0.931 bits per heavy atom. The van der Waals surface area contributed by atoms with Gasteiger partial charge in [-0.25, -0.2) is 19.3 Å². The van der Waals surface area contributed by atoms with Gasteiger partial charge in [0, 0.05) is 25.4 Å². The van der Waals surface area contributed by atoms with E-state index >= 15 is 0 Å². The smallest absolute Gasteiger partial charge is 0.270 e. The minimum Gasteiger partial charge on any atom is -0.347 e. The number of rotatable bonds is 6. The summed E-state index contributed by atoms with van der Waals surface area (Å²) in [5, 5.41) is 5.71. The van der Waals surface area contributed by atoms with Crippen LogP contribution in [0.5, 0.6) is 0 Å². The molecule has 2 aromatic heterocycles. The Labute approximate surface area is 171 Å². The van der Waals surface area contributed by atoms with Gasteiger partial charge in [-0.3, -0.25) is 9.59 Å². The quantitative estimate of drug-likeness (QED) is 0.606. The Hall–Kier alpha value is -3.39. The van der Waals surface area contributed by atoms with Crippen molar-refractivity contribution in [2.45, 2.75) is 20.0 Å². The van der Waals surface area contributed by atoms with Crippen LogP contribution in [0.25, 0.3) is 0 Å². The number of carbonyl (C=O) groups is 2. The van der Waals surface area contributed by atoms with Gasteiger partial charge in [-0.1, -0.05) is 23.7 Å². The Bertz CT molecular complexity index is 1060. The lowest BCUT2D eigenvalue weighted by Crippen LogP contribution is -2.27. The molecule has 0 aliphatic heterocycles. The van der Waals surface area contributed by atoms with E-state index in [4.69, 9.17) is 11.6 Å². The number of hydrogen-bond acceptors (Lipinski definition) is 5. The lowest BCUT2D eigenvalue weighted by molar-refractivity contribution is 0.0944. The molecule has 0 aliphatic carbocycles. The van der Waals surface area contributed by atoms with E-state index < -0.39 is 11.8 Å². The van der Waals surface area contributed by atoms with Crippen LogP contribution in [0.2, 0.25) is 5.15 Å². The first-order chi connectivity index (χ1) is 13.9. The van der Waals surface area contributed by atoms with Crippen molar-refractivity contribution < 1.29 is 14.0 Å². The summed E-state index contributed by atoms with van der Waals surface area (Å²) in [6.07, 6.45) is 2.69. The third kappa shape index (κ3) is 5.55. The average molecular weight is 414 g/mol. The zero-order valence-corrected chi connectivity index (χ0v) is 16.2. The van der Waals surface area contributed by atoms with E-state index in [1.165, 1.54) is 12.1 Å². The number of pyridine rings is 1. The normalized spacial score (nSPS) is 10.4. The third-order valence-electron chi connectivity index (χ3n) is 4.05. The summed E-state index contributed by atoms with van der Waals surface area (Å²) in [6, 6.07) is 9.26. The maximum absolute atomic E-state index is 13.3. The lowest BCUT2D eigenvalue weighted by atomic mass is 10.1. The molecule has 0 bridgehead atoms. The predicted molar refractivity (Wildman–Crippen MR) is 105 cm³/mol.